The van der Waals surface area contributed by atoms with Gasteiger partial charge < -0.3 is 9.84 Å². The van der Waals surface area contributed by atoms with Crippen molar-refractivity contribution < 1.29 is 14.6 Å². The molecule has 2 atom stereocenters. The van der Waals surface area contributed by atoms with Gasteiger partial charge in [0.15, 0.2) is 0 Å². The van der Waals surface area contributed by atoms with E-state index < -0.39 is 17.5 Å². The molecule has 2 aromatic carbocycles. The maximum atomic E-state index is 12.1. The summed E-state index contributed by atoms with van der Waals surface area (Å²) in [6.45, 7) is 3.46. The molecule has 128 valence electrons. The molecule has 0 radical (unpaired) electrons. The Labute approximate surface area is 148 Å². The van der Waals surface area contributed by atoms with Crippen LogP contribution in [-0.2, 0) is 16.0 Å². The van der Waals surface area contributed by atoms with Gasteiger partial charge in [0, 0.05) is 10.1 Å². The van der Waals surface area contributed by atoms with E-state index in [1.165, 1.54) is 7.11 Å². The number of benzene rings is 2. The van der Waals surface area contributed by atoms with Crippen LogP contribution in [0.5, 0.6) is 0 Å². The minimum absolute atomic E-state index is 0.163. The Morgan fingerprint density at radius 1 is 1.08 bits per heavy atom. The number of aliphatic hydroxyl groups excluding tert-OH is 1. The van der Waals surface area contributed by atoms with E-state index in [1.54, 1.807) is 25.6 Å². The minimum Gasteiger partial charge on any atom is -0.469 e. The lowest BCUT2D eigenvalue weighted by Crippen LogP contribution is -2.44. The Morgan fingerprint density at radius 3 is 2.17 bits per heavy atom. The van der Waals surface area contributed by atoms with Gasteiger partial charge in [-0.25, -0.2) is 0 Å². The first-order chi connectivity index (χ1) is 11.4. The van der Waals surface area contributed by atoms with Crippen LogP contribution in [0.4, 0.5) is 0 Å². The van der Waals surface area contributed by atoms with Crippen molar-refractivity contribution in [2.24, 2.45) is 5.41 Å². The summed E-state index contributed by atoms with van der Waals surface area (Å²) in [4.78, 5) is 13.2. The number of methoxy groups -OCH3 is 1. The van der Waals surface area contributed by atoms with Gasteiger partial charge in [-0.05, 0) is 38.0 Å². The zero-order valence-corrected chi connectivity index (χ0v) is 15.1. The highest BCUT2D eigenvalue weighted by Gasteiger charge is 2.41. The van der Waals surface area contributed by atoms with E-state index in [1.807, 2.05) is 60.7 Å². The molecular weight excluding hydrogens is 320 g/mol. The van der Waals surface area contributed by atoms with Crippen LogP contribution in [0.1, 0.15) is 19.4 Å². The molecule has 0 saturated heterocycles. The quantitative estimate of drug-likeness (QED) is 0.610. The van der Waals surface area contributed by atoms with E-state index >= 15 is 0 Å². The number of thioether (sulfide) groups is 1. The predicted octanol–water partition coefficient (Wildman–Crippen LogP) is 3.95. The maximum Gasteiger partial charge on any atom is 0.313 e. The Hall–Kier alpha value is -1.78. The number of hydrogen-bond acceptors (Lipinski definition) is 4. The summed E-state index contributed by atoms with van der Waals surface area (Å²) >= 11 is 1.59. The molecule has 0 aliphatic rings. The van der Waals surface area contributed by atoms with E-state index in [2.05, 4.69) is 0 Å². The molecule has 0 bridgehead atoms. The lowest BCUT2D eigenvalue weighted by Gasteiger charge is -2.33. The van der Waals surface area contributed by atoms with Crippen molar-refractivity contribution in [3.05, 3.63) is 66.2 Å². The van der Waals surface area contributed by atoms with Gasteiger partial charge in [0.05, 0.1) is 18.6 Å². The van der Waals surface area contributed by atoms with Gasteiger partial charge >= 0.3 is 5.97 Å². The molecule has 0 saturated carbocycles. The zero-order chi connectivity index (χ0) is 17.6. The maximum absolute atomic E-state index is 12.1. The Kier molecular flexibility index (Phi) is 6.46. The van der Waals surface area contributed by atoms with Gasteiger partial charge in [-0.2, -0.15) is 0 Å². The number of carbonyl (C=O) groups is 1. The molecule has 1 N–H and O–H groups in total. The summed E-state index contributed by atoms with van der Waals surface area (Å²) in [5.74, 6) is -0.401. The number of carbonyl (C=O) groups excluding carboxylic acids is 1. The van der Waals surface area contributed by atoms with Crippen molar-refractivity contribution in [2.45, 2.75) is 36.5 Å². The van der Waals surface area contributed by atoms with E-state index in [9.17, 15) is 9.90 Å². The highest BCUT2D eigenvalue weighted by atomic mass is 32.2. The number of ether oxygens (including phenoxy) is 1. The number of hydrogen-bond donors (Lipinski definition) is 1. The van der Waals surface area contributed by atoms with Gasteiger partial charge in [0.1, 0.15) is 0 Å². The Bertz CT molecular complexity index is 599. The molecule has 0 fully saturated rings. The Balaban J connectivity index is 2.26. The second-order valence-electron chi connectivity index (χ2n) is 6.32. The van der Waals surface area contributed by atoms with Crippen LogP contribution < -0.4 is 0 Å². The third kappa shape index (κ3) is 4.62. The van der Waals surface area contributed by atoms with E-state index in [0.29, 0.717) is 6.42 Å². The minimum atomic E-state index is -0.976. The molecule has 0 heterocycles. The highest BCUT2D eigenvalue weighted by Crippen LogP contribution is 2.35. The van der Waals surface area contributed by atoms with Crippen molar-refractivity contribution in [3.8, 4) is 0 Å². The largest absolute Gasteiger partial charge is 0.469 e. The molecule has 2 aromatic rings. The summed E-state index contributed by atoms with van der Waals surface area (Å²) in [6.07, 6.45) is -0.169. The van der Waals surface area contributed by atoms with Gasteiger partial charge in [-0.15, -0.1) is 11.8 Å². The third-order valence-corrected chi connectivity index (χ3v) is 5.38. The molecule has 0 aromatic heterocycles. The van der Waals surface area contributed by atoms with E-state index in [-0.39, 0.29) is 5.25 Å². The predicted molar refractivity (Wildman–Crippen MR) is 98.0 cm³/mol. The van der Waals surface area contributed by atoms with Crippen LogP contribution in [0.15, 0.2) is 65.6 Å². The summed E-state index contributed by atoms with van der Waals surface area (Å²) in [6, 6.07) is 19.9. The lowest BCUT2D eigenvalue weighted by molar-refractivity contribution is -0.157. The second-order valence-corrected chi connectivity index (χ2v) is 7.63. The standard InChI is InChI=1S/C20H24O3S/c1-20(2,19(22)23-3)18(21)17(14-15-10-6-4-7-11-15)24-16-12-8-5-9-13-16/h4-13,17-18,21H,14H2,1-3H3/t17-,18-/m1/s1. The average molecular weight is 344 g/mol. The van der Waals surface area contributed by atoms with Crippen molar-refractivity contribution >= 4 is 17.7 Å². The molecule has 24 heavy (non-hydrogen) atoms. The SMILES string of the molecule is COC(=O)C(C)(C)[C@H](O)[C@@H](Cc1ccccc1)Sc1ccccc1. The monoisotopic (exact) mass is 344 g/mol. The van der Waals surface area contributed by atoms with Crippen molar-refractivity contribution in [2.75, 3.05) is 7.11 Å². The molecule has 0 unspecified atom stereocenters. The topological polar surface area (TPSA) is 46.5 Å². The number of aliphatic hydroxyl groups is 1. The average Bonchev–Trinajstić information content (AvgIpc) is 2.61. The normalized spacial score (nSPS) is 14.0. The van der Waals surface area contributed by atoms with Gasteiger partial charge in [0.2, 0.25) is 0 Å². The van der Waals surface area contributed by atoms with Gasteiger partial charge in [0.25, 0.3) is 0 Å². The van der Waals surface area contributed by atoms with Crippen LogP contribution in [0.3, 0.4) is 0 Å². The van der Waals surface area contributed by atoms with Crippen molar-refractivity contribution in [1.29, 1.82) is 0 Å². The Morgan fingerprint density at radius 2 is 1.62 bits per heavy atom. The molecular formula is C20H24O3S. The van der Waals surface area contributed by atoms with E-state index in [0.717, 1.165) is 10.5 Å². The summed E-state index contributed by atoms with van der Waals surface area (Å²) < 4.78 is 4.88. The van der Waals surface area contributed by atoms with Crippen LogP contribution in [0, 0.1) is 5.41 Å². The zero-order valence-electron chi connectivity index (χ0n) is 14.3. The van der Waals surface area contributed by atoms with Crippen LogP contribution in [0.2, 0.25) is 0 Å². The number of esters is 1. The highest BCUT2D eigenvalue weighted by molar-refractivity contribution is 8.00. The fourth-order valence-electron chi connectivity index (χ4n) is 2.59. The molecule has 0 aliphatic carbocycles. The van der Waals surface area contributed by atoms with Gasteiger partial charge in [-0.3, -0.25) is 4.79 Å². The summed E-state index contributed by atoms with van der Waals surface area (Å²) in [5, 5.41) is 10.8. The smallest absolute Gasteiger partial charge is 0.313 e. The second kappa shape index (κ2) is 8.36. The fourth-order valence-corrected chi connectivity index (χ4v) is 4.00. The third-order valence-electron chi connectivity index (χ3n) is 4.11. The molecule has 4 heteroatoms. The summed E-state index contributed by atoms with van der Waals surface area (Å²) in [7, 11) is 1.35. The molecule has 0 amide bonds. The van der Waals surface area contributed by atoms with E-state index in [4.69, 9.17) is 4.74 Å². The van der Waals surface area contributed by atoms with Crippen LogP contribution >= 0.6 is 11.8 Å². The number of rotatable bonds is 7. The molecule has 2 rings (SSSR count). The first-order valence-electron chi connectivity index (χ1n) is 7.97. The first-order valence-corrected chi connectivity index (χ1v) is 8.85. The van der Waals surface area contributed by atoms with Crippen LogP contribution in [0.25, 0.3) is 0 Å². The molecule has 0 spiro atoms. The first kappa shape index (κ1) is 18.6. The molecule has 0 aliphatic heterocycles. The molecule has 3 nitrogen and oxygen atoms in total. The van der Waals surface area contributed by atoms with Crippen molar-refractivity contribution in [3.63, 3.8) is 0 Å². The van der Waals surface area contributed by atoms with Crippen molar-refractivity contribution in [1.82, 2.24) is 0 Å². The fraction of sp³-hybridized carbons (Fsp3) is 0.350. The lowest BCUT2D eigenvalue weighted by atomic mass is 9.83. The van der Waals surface area contributed by atoms with Gasteiger partial charge in [-0.1, -0.05) is 48.5 Å². The van der Waals surface area contributed by atoms with Crippen LogP contribution in [-0.4, -0.2) is 29.5 Å². The summed E-state index contributed by atoms with van der Waals surface area (Å²) in [5.41, 5.74) is 0.154.